The molecular weight excluding hydrogens is 318 g/mol. The lowest BCUT2D eigenvalue weighted by atomic mass is 10.2. The summed E-state index contributed by atoms with van der Waals surface area (Å²) in [5.74, 6) is 1.31. The molecule has 0 amide bonds. The van der Waals surface area contributed by atoms with Gasteiger partial charge in [0.1, 0.15) is 5.01 Å². The van der Waals surface area contributed by atoms with Crippen molar-refractivity contribution in [2.45, 2.75) is 6.92 Å². The van der Waals surface area contributed by atoms with E-state index in [0.717, 1.165) is 16.1 Å². The minimum atomic E-state index is 0.222. The maximum Gasteiger partial charge on any atom is 0.231 e. The number of ether oxygens (including phenoxy) is 2. The maximum atomic E-state index is 6.19. The molecule has 0 radical (unpaired) electrons. The van der Waals surface area contributed by atoms with Crippen molar-refractivity contribution in [2.24, 2.45) is 0 Å². The van der Waals surface area contributed by atoms with Crippen molar-refractivity contribution in [1.82, 2.24) is 4.98 Å². The maximum absolute atomic E-state index is 6.19. The normalized spacial score (nSPS) is 13.4. The highest BCUT2D eigenvalue weighted by atomic mass is 35.5. The van der Waals surface area contributed by atoms with E-state index in [0.29, 0.717) is 16.5 Å². The molecule has 0 N–H and O–H groups in total. The SMILES string of the molecule is Cc1ccc2sc(/C=C/c3cc(Cl)c4c(c3)OCO4)nc2c1. The monoisotopic (exact) mass is 329 g/mol. The van der Waals surface area contributed by atoms with Gasteiger partial charge >= 0.3 is 0 Å². The third kappa shape index (κ3) is 2.45. The fourth-order valence-corrected chi connectivity index (χ4v) is 3.50. The van der Waals surface area contributed by atoms with E-state index >= 15 is 0 Å². The van der Waals surface area contributed by atoms with Crippen LogP contribution in [0, 0.1) is 6.92 Å². The van der Waals surface area contributed by atoms with Gasteiger partial charge in [0.25, 0.3) is 0 Å². The van der Waals surface area contributed by atoms with Crippen LogP contribution in [-0.4, -0.2) is 11.8 Å². The molecule has 0 unspecified atom stereocenters. The third-order valence-electron chi connectivity index (χ3n) is 3.43. The van der Waals surface area contributed by atoms with Gasteiger partial charge in [-0.3, -0.25) is 0 Å². The predicted molar refractivity (Wildman–Crippen MR) is 90.9 cm³/mol. The van der Waals surface area contributed by atoms with Gasteiger partial charge in [0.05, 0.1) is 15.2 Å². The van der Waals surface area contributed by atoms with Gasteiger partial charge in [-0.25, -0.2) is 4.98 Å². The fourth-order valence-electron chi connectivity index (χ4n) is 2.38. The molecule has 0 spiro atoms. The van der Waals surface area contributed by atoms with Crippen molar-refractivity contribution >= 4 is 45.3 Å². The third-order valence-corrected chi connectivity index (χ3v) is 4.71. The van der Waals surface area contributed by atoms with E-state index in [1.807, 2.05) is 24.3 Å². The molecule has 1 aliphatic heterocycles. The smallest absolute Gasteiger partial charge is 0.231 e. The van der Waals surface area contributed by atoms with Crippen LogP contribution in [0.3, 0.4) is 0 Å². The summed E-state index contributed by atoms with van der Waals surface area (Å²) in [5.41, 5.74) is 3.22. The zero-order valence-electron chi connectivity index (χ0n) is 11.8. The zero-order chi connectivity index (χ0) is 15.1. The lowest BCUT2D eigenvalue weighted by molar-refractivity contribution is 0.174. The molecule has 3 aromatic rings. The average Bonchev–Trinajstić information content (AvgIpc) is 3.10. The van der Waals surface area contributed by atoms with Crippen molar-refractivity contribution in [1.29, 1.82) is 0 Å². The Balaban J connectivity index is 1.67. The summed E-state index contributed by atoms with van der Waals surface area (Å²) in [7, 11) is 0. The lowest BCUT2D eigenvalue weighted by Crippen LogP contribution is -1.93. The molecule has 0 aliphatic carbocycles. The predicted octanol–water partition coefficient (Wildman–Crippen LogP) is 5.16. The summed E-state index contributed by atoms with van der Waals surface area (Å²) in [4.78, 5) is 4.63. The number of nitrogens with zero attached hydrogens (tertiary/aromatic N) is 1. The number of aromatic nitrogens is 1. The Bertz CT molecular complexity index is 901. The molecule has 0 fully saturated rings. The molecular formula is C17H12ClNO2S. The van der Waals surface area contributed by atoms with E-state index in [2.05, 4.69) is 30.1 Å². The van der Waals surface area contributed by atoms with Gasteiger partial charge in [-0.1, -0.05) is 23.7 Å². The second-order valence-electron chi connectivity index (χ2n) is 5.09. The van der Waals surface area contributed by atoms with E-state index in [4.69, 9.17) is 21.1 Å². The number of aryl methyl sites for hydroxylation is 1. The summed E-state index contributed by atoms with van der Waals surface area (Å²) in [6.07, 6.45) is 3.98. The second kappa shape index (κ2) is 5.30. The second-order valence-corrected chi connectivity index (χ2v) is 6.56. The van der Waals surface area contributed by atoms with Crippen LogP contribution in [-0.2, 0) is 0 Å². The van der Waals surface area contributed by atoms with Crippen LogP contribution in [0.5, 0.6) is 11.5 Å². The van der Waals surface area contributed by atoms with Crippen molar-refractivity contribution in [3.8, 4) is 11.5 Å². The summed E-state index contributed by atoms with van der Waals surface area (Å²) < 4.78 is 11.9. The molecule has 0 saturated heterocycles. The number of thiazole rings is 1. The molecule has 2 aromatic carbocycles. The van der Waals surface area contributed by atoms with Crippen LogP contribution in [0.15, 0.2) is 30.3 Å². The van der Waals surface area contributed by atoms with Crippen LogP contribution in [0.25, 0.3) is 22.4 Å². The first-order chi connectivity index (χ1) is 10.7. The Morgan fingerprint density at radius 1 is 1.18 bits per heavy atom. The number of rotatable bonds is 2. The zero-order valence-corrected chi connectivity index (χ0v) is 13.4. The fraction of sp³-hybridized carbons (Fsp3) is 0.118. The topological polar surface area (TPSA) is 31.4 Å². The quantitative estimate of drug-likeness (QED) is 0.651. The van der Waals surface area contributed by atoms with Crippen molar-refractivity contribution in [2.75, 3.05) is 6.79 Å². The molecule has 110 valence electrons. The van der Waals surface area contributed by atoms with E-state index in [1.165, 1.54) is 10.3 Å². The molecule has 0 atom stereocenters. The Hall–Kier alpha value is -2.04. The molecule has 22 heavy (non-hydrogen) atoms. The molecule has 0 saturated carbocycles. The summed E-state index contributed by atoms with van der Waals surface area (Å²) >= 11 is 7.85. The van der Waals surface area contributed by atoms with Crippen LogP contribution in [0.1, 0.15) is 16.1 Å². The number of fused-ring (bicyclic) bond motifs is 2. The Labute approximate surface area is 136 Å². The number of benzene rings is 2. The lowest BCUT2D eigenvalue weighted by Gasteiger charge is -2.00. The van der Waals surface area contributed by atoms with Crippen LogP contribution in [0.2, 0.25) is 5.02 Å². The first kappa shape index (κ1) is 13.6. The van der Waals surface area contributed by atoms with Crippen LogP contribution < -0.4 is 9.47 Å². The van der Waals surface area contributed by atoms with Gasteiger partial charge in [-0.05, 0) is 48.4 Å². The largest absolute Gasteiger partial charge is 0.454 e. The minimum absolute atomic E-state index is 0.222. The summed E-state index contributed by atoms with van der Waals surface area (Å²) in [5, 5.41) is 1.53. The summed E-state index contributed by atoms with van der Waals surface area (Å²) in [6, 6.07) is 10.1. The van der Waals surface area contributed by atoms with Gasteiger partial charge in [0.2, 0.25) is 6.79 Å². The highest BCUT2D eigenvalue weighted by Crippen LogP contribution is 2.40. The van der Waals surface area contributed by atoms with Crippen LogP contribution in [0.4, 0.5) is 0 Å². The van der Waals surface area contributed by atoms with Gasteiger partial charge in [-0.2, -0.15) is 0 Å². The Morgan fingerprint density at radius 3 is 3.00 bits per heavy atom. The highest BCUT2D eigenvalue weighted by molar-refractivity contribution is 7.19. The van der Waals surface area contributed by atoms with E-state index in [-0.39, 0.29) is 6.79 Å². The first-order valence-corrected chi connectivity index (χ1v) is 8.03. The van der Waals surface area contributed by atoms with Gasteiger partial charge in [0.15, 0.2) is 11.5 Å². The van der Waals surface area contributed by atoms with Crippen LogP contribution >= 0.6 is 22.9 Å². The number of hydrogen-bond donors (Lipinski definition) is 0. The molecule has 1 aromatic heterocycles. The number of halogens is 1. The Kier molecular flexibility index (Phi) is 3.28. The first-order valence-electron chi connectivity index (χ1n) is 6.83. The molecule has 5 heteroatoms. The molecule has 3 nitrogen and oxygen atoms in total. The molecule has 2 heterocycles. The Morgan fingerprint density at radius 2 is 2.09 bits per heavy atom. The highest BCUT2D eigenvalue weighted by Gasteiger charge is 2.17. The standard InChI is InChI=1S/C17H12ClNO2S/c1-10-2-4-15-13(6-10)19-16(22-15)5-3-11-7-12(18)17-14(8-11)20-9-21-17/h2-8H,9H2,1H3/b5-3+. The van der Waals surface area contributed by atoms with Crippen molar-refractivity contribution in [3.05, 3.63) is 51.5 Å². The number of hydrogen-bond acceptors (Lipinski definition) is 4. The molecule has 4 rings (SSSR count). The van der Waals surface area contributed by atoms with Crippen molar-refractivity contribution < 1.29 is 9.47 Å². The van der Waals surface area contributed by atoms with E-state index in [9.17, 15) is 0 Å². The minimum Gasteiger partial charge on any atom is -0.454 e. The van der Waals surface area contributed by atoms with E-state index in [1.54, 1.807) is 11.3 Å². The average molecular weight is 330 g/mol. The van der Waals surface area contributed by atoms with E-state index < -0.39 is 0 Å². The van der Waals surface area contributed by atoms with Gasteiger partial charge < -0.3 is 9.47 Å². The molecule has 0 bridgehead atoms. The molecule has 1 aliphatic rings. The van der Waals surface area contributed by atoms with Gasteiger partial charge in [-0.15, -0.1) is 11.3 Å². The summed E-state index contributed by atoms with van der Waals surface area (Å²) in [6.45, 7) is 2.29. The van der Waals surface area contributed by atoms with Gasteiger partial charge in [0, 0.05) is 0 Å². The van der Waals surface area contributed by atoms with Crippen molar-refractivity contribution in [3.63, 3.8) is 0 Å².